The van der Waals surface area contributed by atoms with Gasteiger partial charge in [0.15, 0.2) is 24.2 Å². The molecular formula is C63H109N15O19Si2. The number of ether oxygens (including phenoxy) is 2. The van der Waals surface area contributed by atoms with Crippen molar-refractivity contribution in [3.05, 3.63) is 35.9 Å². The van der Waals surface area contributed by atoms with Crippen molar-refractivity contribution in [1.82, 2.24) is 58.5 Å². The molecule has 21 N–H and O–H groups in total. The summed E-state index contributed by atoms with van der Waals surface area (Å²) < 4.78 is 11.5. The van der Waals surface area contributed by atoms with E-state index >= 15 is 14.4 Å². The molecular weight excluding hydrogens is 1330 g/mol. The number of amides is 12. The highest BCUT2D eigenvalue weighted by atomic mass is 28.3. The van der Waals surface area contributed by atoms with Crippen LogP contribution < -0.4 is 75.7 Å². The number of nitrogens with one attached hydrogen (secondary N) is 11. The van der Waals surface area contributed by atoms with E-state index in [0.29, 0.717) is 0 Å². The quantitative estimate of drug-likeness (QED) is 0.0159. The number of rotatable bonds is 24. The zero-order chi connectivity index (χ0) is 75.8. The highest BCUT2D eigenvalue weighted by molar-refractivity contribution is 6.77. The number of esters is 1. The van der Waals surface area contributed by atoms with Crippen LogP contribution in [0.1, 0.15) is 107 Å². The van der Waals surface area contributed by atoms with Gasteiger partial charge in [-0.1, -0.05) is 118 Å². The van der Waals surface area contributed by atoms with Crippen molar-refractivity contribution in [2.24, 2.45) is 39.9 Å². The van der Waals surface area contributed by atoms with Gasteiger partial charge in [0.1, 0.15) is 60.0 Å². The molecule has 0 aromatic heterocycles. The van der Waals surface area contributed by atoms with Crippen molar-refractivity contribution in [1.29, 1.82) is 0 Å². The SMILES string of the molecule is CC[C@H](C)C1NC(=O)[C@@H](CCCN=C(N)N)NC(=O)[C@H](CC(C)C)NC(=O)[C@H]([C@H](O)C(C)C)NC(=O)[C@@H](NC(=O)[C@H](C[Si](C)(C)C)NC(=O)[C@@H](C[Si](C)(C)C)NC(=O)OC(C)(C)C)[C@@H](c2ccccc2)OC(=O)[C@H](CO)NC(=O)[C@H]([C@H](O)C(N)=O)NC(=O)CNC(=O)C([C@H](C)O)NC1=O. The Labute approximate surface area is 579 Å². The highest BCUT2D eigenvalue weighted by Gasteiger charge is 2.45. The number of hydrogen-bond donors (Lipinski definition) is 18. The van der Waals surface area contributed by atoms with Crippen LogP contribution in [-0.2, 0) is 67.0 Å². The van der Waals surface area contributed by atoms with Gasteiger partial charge in [0.05, 0.1) is 25.4 Å². The zero-order valence-corrected chi connectivity index (χ0v) is 61.7. The van der Waals surface area contributed by atoms with Crippen molar-refractivity contribution in [3.8, 4) is 0 Å². The van der Waals surface area contributed by atoms with E-state index in [0.717, 1.165) is 6.92 Å². The fourth-order valence-electron chi connectivity index (χ4n) is 10.0. The number of alkyl carbamates (subject to hydrolysis) is 1. The van der Waals surface area contributed by atoms with Gasteiger partial charge in [-0.3, -0.25) is 57.7 Å². The maximum atomic E-state index is 15.6. The summed E-state index contributed by atoms with van der Waals surface area (Å²) in [7, 11) is -4.79. The number of benzene rings is 1. The van der Waals surface area contributed by atoms with Crippen LogP contribution in [0.3, 0.4) is 0 Å². The fourth-order valence-corrected chi connectivity index (χ4v) is 13.0. The number of nitrogens with zero attached hydrogens (tertiary/aromatic N) is 1. The first-order chi connectivity index (χ1) is 45.7. The van der Waals surface area contributed by atoms with Crippen LogP contribution in [0.25, 0.3) is 0 Å². The molecule has 1 fully saturated rings. The summed E-state index contributed by atoms with van der Waals surface area (Å²) >= 11 is 0. The minimum absolute atomic E-state index is 0.0322. The summed E-state index contributed by atoms with van der Waals surface area (Å²) in [6, 6.07) is -11.2. The lowest BCUT2D eigenvalue weighted by Crippen LogP contribution is -2.64. The van der Waals surface area contributed by atoms with Gasteiger partial charge in [-0.15, -0.1) is 0 Å². The average molecular weight is 1440 g/mol. The highest BCUT2D eigenvalue weighted by Crippen LogP contribution is 2.26. The van der Waals surface area contributed by atoms with Crippen molar-refractivity contribution in [3.63, 3.8) is 0 Å². The summed E-state index contributed by atoms with van der Waals surface area (Å²) in [6.45, 7) is 24.4. The Hall–Kier alpha value is -8.33. The molecule has 558 valence electrons. The maximum absolute atomic E-state index is 15.6. The van der Waals surface area contributed by atoms with E-state index in [1.807, 2.05) is 49.9 Å². The molecule has 0 saturated carbocycles. The van der Waals surface area contributed by atoms with Crippen LogP contribution in [-0.4, -0.2) is 224 Å². The number of hydrogen-bond acceptors (Lipinski definition) is 20. The molecule has 1 aromatic rings. The number of aliphatic hydroxyl groups is 4. The van der Waals surface area contributed by atoms with E-state index in [-0.39, 0.29) is 55.8 Å². The molecule has 15 atom stereocenters. The number of nitrogens with two attached hydrogens (primary N) is 3. The smallest absolute Gasteiger partial charge is 0.408 e. The Balaban J connectivity index is 3.21. The summed E-state index contributed by atoms with van der Waals surface area (Å²) in [5.41, 5.74) is 15.4. The molecule has 1 aliphatic heterocycles. The molecule has 99 heavy (non-hydrogen) atoms. The first kappa shape index (κ1) is 86.8. The van der Waals surface area contributed by atoms with Gasteiger partial charge in [0.2, 0.25) is 65.0 Å². The standard InChI is InChI=1S/C63H109N15O19Si2/c1-17-33(6)42-56(90)76-43(34(7)80)55(89)68-27-41(81)74-45(48(83)50(64)84)58(92)71-38(28-79)60(94)96-49(35-22-19-18-20-23-35)46(78-54(88)39(29-98(11,12)13)72-53(87)40(30-99(14,15)16)73-62(95)97-63(8,9)10)59(93)77-44(47(82)32(4)5)57(91)70-37(26-31(2)3)52(86)69-36(51(85)75-42)24-21-25-67-61(65)66/h18-20,22-23,31-34,36-40,42-49,79-80,82-83H,17,21,24-30H2,1-16H3,(H2,64,84)(H,68,89)(H,69,86)(H,70,91)(H,71,92)(H,72,87)(H,73,95)(H,74,81)(H,75,85)(H,76,90)(H,77,93)(H,78,88)(H4,65,66,67)/t33-,34-,36+,37-,38-,39-,40+,42?,43?,44-,45-,46-,47+,48-,49+/m0/s1. The number of guanidine groups is 1. The van der Waals surface area contributed by atoms with Gasteiger partial charge in [-0.2, -0.15) is 0 Å². The zero-order valence-electron chi connectivity index (χ0n) is 59.7. The molecule has 0 bridgehead atoms. The summed E-state index contributed by atoms with van der Waals surface area (Å²) in [6.07, 6.45) is -9.31. The fraction of sp³-hybridized carbons (Fsp3) is 0.683. The minimum Gasteiger partial charge on any atom is -0.453 e. The van der Waals surface area contributed by atoms with E-state index in [1.165, 1.54) is 44.2 Å². The van der Waals surface area contributed by atoms with Crippen molar-refractivity contribution < 1.29 is 92.2 Å². The third-order valence-electron chi connectivity index (χ3n) is 15.3. The lowest BCUT2D eigenvalue weighted by atomic mass is 9.95. The number of primary amides is 1. The maximum Gasteiger partial charge on any atom is 0.408 e. The predicted octanol–water partition coefficient (Wildman–Crippen LogP) is -3.28. The third-order valence-corrected chi connectivity index (χ3v) is 18.6. The molecule has 34 nitrogen and oxygen atoms in total. The van der Waals surface area contributed by atoms with Crippen molar-refractivity contribution >= 4 is 99.1 Å². The second-order valence-electron chi connectivity index (χ2n) is 28.9. The van der Waals surface area contributed by atoms with E-state index in [2.05, 4.69) is 52.8 Å². The van der Waals surface area contributed by atoms with E-state index in [9.17, 15) is 68.4 Å². The summed E-state index contributed by atoms with van der Waals surface area (Å²) in [4.78, 5) is 190. The summed E-state index contributed by atoms with van der Waals surface area (Å²) in [5.74, 6) is -17.2. The van der Waals surface area contributed by atoms with Crippen LogP contribution in [0.2, 0.25) is 51.4 Å². The van der Waals surface area contributed by atoms with Crippen LogP contribution in [0.5, 0.6) is 0 Å². The van der Waals surface area contributed by atoms with Crippen LogP contribution >= 0.6 is 0 Å². The lowest BCUT2D eigenvalue weighted by molar-refractivity contribution is -0.159. The Morgan fingerprint density at radius 2 is 1.17 bits per heavy atom. The Morgan fingerprint density at radius 3 is 1.68 bits per heavy atom. The van der Waals surface area contributed by atoms with Crippen LogP contribution in [0.15, 0.2) is 35.3 Å². The van der Waals surface area contributed by atoms with Crippen molar-refractivity contribution in [2.75, 3.05) is 19.7 Å². The topological polar surface area (TPSA) is 544 Å². The number of cyclic esters (lactones) is 1. The first-order valence-electron chi connectivity index (χ1n) is 33.0. The van der Waals surface area contributed by atoms with Crippen molar-refractivity contribution in [2.45, 2.75) is 237 Å². The largest absolute Gasteiger partial charge is 0.453 e. The van der Waals surface area contributed by atoms with Crippen LogP contribution in [0.4, 0.5) is 4.79 Å². The Bertz CT molecular complexity index is 2990. The second kappa shape index (κ2) is 39.5. The number of aliphatic hydroxyl groups excluding tert-OH is 4. The van der Waals surface area contributed by atoms with Crippen LogP contribution in [0, 0.1) is 17.8 Å². The van der Waals surface area contributed by atoms with Gasteiger partial charge in [0, 0.05) is 22.7 Å². The first-order valence-corrected chi connectivity index (χ1v) is 40.4. The summed E-state index contributed by atoms with van der Waals surface area (Å²) in [5, 5.41) is 71.4. The predicted molar refractivity (Wildman–Crippen MR) is 369 cm³/mol. The number of carbonyl (C=O) groups excluding carboxylic acids is 13. The molecule has 0 spiro atoms. The van der Waals surface area contributed by atoms with Gasteiger partial charge in [0.25, 0.3) is 0 Å². The molecule has 2 rings (SSSR count). The minimum atomic E-state index is -2.60. The Kier molecular flexibility index (Phi) is 34.6. The molecule has 1 heterocycles. The molecule has 36 heteroatoms. The van der Waals surface area contributed by atoms with E-state index in [4.69, 9.17) is 26.7 Å². The van der Waals surface area contributed by atoms with Gasteiger partial charge >= 0.3 is 12.1 Å². The molecule has 0 radical (unpaired) electrons. The molecule has 1 aliphatic rings. The molecule has 0 aliphatic carbocycles. The van der Waals surface area contributed by atoms with Gasteiger partial charge in [-0.05, 0) is 82.4 Å². The van der Waals surface area contributed by atoms with Gasteiger partial charge < -0.3 is 106 Å². The molecule has 1 aromatic carbocycles. The average Bonchev–Trinajstić information content (AvgIpc) is 0.814. The third kappa shape index (κ3) is 30.4. The lowest BCUT2D eigenvalue weighted by Gasteiger charge is -2.34. The molecule has 2 unspecified atom stereocenters. The monoisotopic (exact) mass is 1440 g/mol. The number of aliphatic imine (C=N–C) groups is 1. The van der Waals surface area contributed by atoms with E-state index < -0.39 is 215 Å². The molecule has 12 amide bonds. The molecule has 1 saturated heterocycles. The number of carbonyl (C=O) groups is 13. The second-order valence-corrected chi connectivity index (χ2v) is 40.0. The normalized spacial score (nSPS) is 23.9. The van der Waals surface area contributed by atoms with E-state index in [1.54, 1.807) is 48.5 Å². The Morgan fingerprint density at radius 1 is 0.657 bits per heavy atom. The van der Waals surface area contributed by atoms with Gasteiger partial charge in [-0.25, -0.2) is 9.59 Å².